The molecule has 0 heterocycles. The average Bonchev–Trinajstić information content (AvgIpc) is 2.40. The van der Waals surface area contributed by atoms with Crippen LogP contribution in [-0.2, 0) is 6.42 Å². The molecule has 1 rings (SSSR count). The standard InChI is InChI=1S/C15H23NOS/c1-3-5-12-16(15(17)18-4-2)13-11-14-9-7-6-8-10-14/h6-10H,3-5,11-13H2,1-2H3. The largest absolute Gasteiger partial charge is 0.333 e. The highest BCUT2D eigenvalue weighted by Crippen LogP contribution is 2.11. The summed E-state index contributed by atoms with van der Waals surface area (Å²) in [7, 11) is 0. The number of nitrogens with zero attached hydrogens (tertiary/aromatic N) is 1. The van der Waals surface area contributed by atoms with Gasteiger partial charge in [0.15, 0.2) is 0 Å². The molecule has 1 amide bonds. The summed E-state index contributed by atoms with van der Waals surface area (Å²) in [5.74, 6) is 0.854. The van der Waals surface area contributed by atoms with E-state index in [-0.39, 0.29) is 5.24 Å². The maximum absolute atomic E-state index is 12.0. The van der Waals surface area contributed by atoms with Crippen LogP contribution in [-0.4, -0.2) is 29.0 Å². The highest BCUT2D eigenvalue weighted by Gasteiger charge is 2.12. The molecule has 0 unspecified atom stereocenters. The molecule has 0 N–H and O–H groups in total. The fraction of sp³-hybridized carbons (Fsp3) is 0.533. The Labute approximate surface area is 115 Å². The Morgan fingerprint density at radius 3 is 2.50 bits per heavy atom. The van der Waals surface area contributed by atoms with Crippen LogP contribution in [0.1, 0.15) is 32.3 Å². The van der Waals surface area contributed by atoms with Crippen LogP contribution in [0, 0.1) is 0 Å². The molecule has 0 saturated carbocycles. The van der Waals surface area contributed by atoms with Crippen molar-refractivity contribution in [1.29, 1.82) is 0 Å². The molecule has 0 saturated heterocycles. The zero-order chi connectivity index (χ0) is 13.2. The lowest BCUT2D eigenvalue weighted by Gasteiger charge is -2.21. The van der Waals surface area contributed by atoms with E-state index in [1.54, 1.807) is 0 Å². The van der Waals surface area contributed by atoms with Crippen LogP contribution in [0.4, 0.5) is 4.79 Å². The summed E-state index contributed by atoms with van der Waals surface area (Å²) in [6.07, 6.45) is 3.16. The molecule has 0 aliphatic carbocycles. The van der Waals surface area contributed by atoms with E-state index in [1.807, 2.05) is 30.0 Å². The number of carbonyl (C=O) groups excluding carboxylic acids is 1. The first-order valence-electron chi connectivity index (χ1n) is 6.73. The molecule has 0 aromatic heterocycles. The Morgan fingerprint density at radius 2 is 1.89 bits per heavy atom. The zero-order valence-corrected chi connectivity index (χ0v) is 12.2. The molecule has 3 heteroatoms. The van der Waals surface area contributed by atoms with E-state index < -0.39 is 0 Å². The minimum atomic E-state index is 0.224. The fourth-order valence-electron chi connectivity index (χ4n) is 1.77. The number of unbranched alkanes of at least 4 members (excludes halogenated alkanes) is 1. The summed E-state index contributed by atoms with van der Waals surface area (Å²) in [4.78, 5) is 13.9. The first-order valence-corrected chi connectivity index (χ1v) is 7.72. The molecule has 1 aromatic carbocycles. The Balaban J connectivity index is 2.47. The predicted molar refractivity (Wildman–Crippen MR) is 80.2 cm³/mol. The van der Waals surface area contributed by atoms with E-state index in [0.29, 0.717) is 0 Å². The SMILES string of the molecule is CCCCN(CCc1ccccc1)C(=O)SCC. The quantitative estimate of drug-likeness (QED) is 0.736. The Kier molecular flexibility index (Phi) is 7.58. The van der Waals surface area contributed by atoms with Crippen molar-refractivity contribution in [3.8, 4) is 0 Å². The minimum absolute atomic E-state index is 0.224. The van der Waals surface area contributed by atoms with Gasteiger partial charge in [-0.3, -0.25) is 4.79 Å². The van der Waals surface area contributed by atoms with Crippen molar-refractivity contribution in [3.63, 3.8) is 0 Å². The molecule has 100 valence electrons. The fourth-order valence-corrected chi connectivity index (χ4v) is 2.38. The van der Waals surface area contributed by atoms with Gasteiger partial charge in [0, 0.05) is 13.1 Å². The number of amides is 1. The molecule has 0 spiro atoms. The van der Waals surface area contributed by atoms with Gasteiger partial charge in [-0.2, -0.15) is 0 Å². The van der Waals surface area contributed by atoms with E-state index in [9.17, 15) is 4.79 Å². The first kappa shape index (κ1) is 15.1. The van der Waals surface area contributed by atoms with Gasteiger partial charge in [0.2, 0.25) is 0 Å². The molecule has 2 nitrogen and oxygen atoms in total. The Bertz CT molecular complexity index is 340. The minimum Gasteiger partial charge on any atom is -0.333 e. The van der Waals surface area contributed by atoms with E-state index in [1.165, 1.54) is 17.3 Å². The molecular formula is C15H23NOS. The average molecular weight is 265 g/mol. The molecule has 0 radical (unpaired) electrons. The van der Waals surface area contributed by atoms with Crippen molar-refractivity contribution in [2.45, 2.75) is 33.1 Å². The molecule has 1 aromatic rings. The van der Waals surface area contributed by atoms with Crippen LogP contribution in [0.3, 0.4) is 0 Å². The number of carbonyl (C=O) groups is 1. The maximum atomic E-state index is 12.0. The third-order valence-electron chi connectivity index (χ3n) is 2.82. The molecular weight excluding hydrogens is 242 g/mol. The van der Waals surface area contributed by atoms with Crippen molar-refractivity contribution in [3.05, 3.63) is 35.9 Å². The second-order valence-corrected chi connectivity index (χ2v) is 5.49. The third-order valence-corrected chi connectivity index (χ3v) is 3.61. The highest BCUT2D eigenvalue weighted by molar-refractivity contribution is 8.13. The van der Waals surface area contributed by atoms with Crippen molar-refractivity contribution in [1.82, 2.24) is 4.90 Å². The van der Waals surface area contributed by atoms with Crippen molar-refractivity contribution in [2.24, 2.45) is 0 Å². The highest BCUT2D eigenvalue weighted by atomic mass is 32.2. The van der Waals surface area contributed by atoms with Crippen LogP contribution in [0.15, 0.2) is 30.3 Å². The van der Waals surface area contributed by atoms with Gasteiger partial charge in [-0.15, -0.1) is 0 Å². The Morgan fingerprint density at radius 1 is 1.17 bits per heavy atom. The molecule has 0 aliphatic rings. The number of hydrogen-bond acceptors (Lipinski definition) is 2. The molecule has 0 aliphatic heterocycles. The lowest BCUT2D eigenvalue weighted by molar-refractivity contribution is 0.223. The van der Waals surface area contributed by atoms with E-state index >= 15 is 0 Å². The molecule has 0 fully saturated rings. The van der Waals surface area contributed by atoms with Crippen molar-refractivity contribution in [2.75, 3.05) is 18.8 Å². The van der Waals surface area contributed by atoms with E-state index in [4.69, 9.17) is 0 Å². The van der Waals surface area contributed by atoms with Crippen LogP contribution in [0.5, 0.6) is 0 Å². The summed E-state index contributed by atoms with van der Waals surface area (Å²) < 4.78 is 0. The summed E-state index contributed by atoms with van der Waals surface area (Å²) in [5.41, 5.74) is 1.30. The van der Waals surface area contributed by atoms with Crippen molar-refractivity contribution < 1.29 is 4.79 Å². The molecule has 0 bridgehead atoms. The molecule has 18 heavy (non-hydrogen) atoms. The van der Waals surface area contributed by atoms with Gasteiger partial charge in [0.05, 0.1) is 0 Å². The maximum Gasteiger partial charge on any atom is 0.281 e. The number of rotatable bonds is 7. The smallest absolute Gasteiger partial charge is 0.281 e. The lowest BCUT2D eigenvalue weighted by atomic mass is 10.1. The predicted octanol–water partition coefficient (Wildman–Crippen LogP) is 4.20. The second kappa shape index (κ2) is 9.03. The van der Waals surface area contributed by atoms with Gasteiger partial charge in [-0.05, 0) is 24.2 Å². The lowest BCUT2D eigenvalue weighted by Crippen LogP contribution is -2.31. The van der Waals surface area contributed by atoms with Crippen LogP contribution >= 0.6 is 11.8 Å². The summed E-state index contributed by atoms with van der Waals surface area (Å²) in [5, 5.41) is 0.224. The summed E-state index contributed by atoms with van der Waals surface area (Å²) in [6, 6.07) is 10.4. The van der Waals surface area contributed by atoms with Gasteiger partial charge >= 0.3 is 0 Å². The normalized spacial score (nSPS) is 10.3. The van der Waals surface area contributed by atoms with Gasteiger partial charge in [-0.1, -0.05) is 62.4 Å². The zero-order valence-electron chi connectivity index (χ0n) is 11.4. The van der Waals surface area contributed by atoms with E-state index in [2.05, 4.69) is 19.1 Å². The van der Waals surface area contributed by atoms with Gasteiger partial charge in [0.25, 0.3) is 5.24 Å². The van der Waals surface area contributed by atoms with Gasteiger partial charge < -0.3 is 4.90 Å². The van der Waals surface area contributed by atoms with Crippen LogP contribution in [0.2, 0.25) is 0 Å². The number of benzene rings is 1. The second-order valence-electron chi connectivity index (χ2n) is 4.28. The summed E-state index contributed by atoms with van der Waals surface area (Å²) >= 11 is 1.41. The molecule has 0 atom stereocenters. The van der Waals surface area contributed by atoms with Crippen LogP contribution < -0.4 is 0 Å². The van der Waals surface area contributed by atoms with Crippen LogP contribution in [0.25, 0.3) is 0 Å². The Hall–Kier alpha value is -0.960. The monoisotopic (exact) mass is 265 g/mol. The summed E-state index contributed by atoms with van der Waals surface area (Å²) in [6.45, 7) is 5.90. The van der Waals surface area contributed by atoms with Crippen molar-refractivity contribution >= 4 is 17.0 Å². The number of hydrogen-bond donors (Lipinski definition) is 0. The van der Waals surface area contributed by atoms with Gasteiger partial charge in [0.1, 0.15) is 0 Å². The number of thioether (sulfide) groups is 1. The topological polar surface area (TPSA) is 20.3 Å². The first-order chi connectivity index (χ1) is 8.77. The van der Waals surface area contributed by atoms with E-state index in [0.717, 1.165) is 38.1 Å². The van der Waals surface area contributed by atoms with Gasteiger partial charge in [-0.25, -0.2) is 0 Å². The third kappa shape index (κ3) is 5.58.